The van der Waals surface area contributed by atoms with E-state index in [-0.39, 0.29) is 18.0 Å². The third-order valence-corrected chi connectivity index (χ3v) is 6.90. The van der Waals surface area contributed by atoms with Gasteiger partial charge in [-0.3, -0.25) is 0 Å². The molecule has 27 heavy (non-hydrogen) atoms. The fraction of sp³-hybridized carbons (Fsp3) is 0.700. The van der Waals surface area contributed by atoms with E-state index in [1.54, 1.807) is 16.4 Å². The van der Waals surface area contributed by atoms with Crippen LogP contribution in [0.1, 0.15) is 43.6 Å². The van der Waals surface area contributed by atoms with Crippen molar-refractivity contribution in [2.45, 2.75) is 50.2 Å². The Morgan fingerprint density at radius 1 is 1.26 bits per heavy atom. The smallest absolute Gasteiger partial charge is 0.169 e. The lowest BCUT2D eigenvalue weighted by atomic mass is 9.82. The molecule has 0 spiro atoms. The minimum atomic E-state index is -1.16. The molecular weight excluding hydrogens is 365 g/mol. The summed E-state index contributed by atoms with van der Waals surface area (Å²) in [6.07, 6.45) is 5.36. The summed E-state index contributed by atoms with van der Waals surface area (Å²) in [5.41, 5.74) is 1.11. The average molecular weight is 398 g/mol. The lowest BCUT2D eigenvalue weighted by Crippen LogP contribution is -2.51. The van der Waals surface area contributed by atoms with E-state index in [4.69, 9.17) is 4.74 Å². The molecule has 1 aliphatic carbocycles. The summed E-state index contributed by atoms with van der Waals surface area (Å²) in [5, 5.41) is 3.42. The highest BCUT2D eigenvalue weighted by Gasteiger charge is 2.29. The fourth-order valence-electron chi connectivity index (χ4n) is 4.07. The van der Waals surface area contributed by atoms with Crippen LogP contribution < -0.4 is 10.0 Å². The highest BCUT2D eigenvalue weighted by molar-refractivity contribution is 7.80. The number of hydrogen-bond donors (Lipinski definition) is 2. The van der Waals surface area contributed by atoms with Crippen LogP contribution in [0, 0.1) is 11.7 Å². The van der Waals surface area contributed by atoms with E-state index in [9.17, 15) is 8.60 Å². The molecule has 7 heteroatoms. The van der Waals surface area contributed by atoms with Crippen molar-refractivity contribution in [1.29, 1.82) is 0 Å². The molecule has 1 saturated carbocycles. The average Bonchev–Trinajstić information content (AvgIpc) is 2.67. The number of nitrogens with one attached hydrogen (secondary N) is 2. The van der Waals surface area contributed by atoms with Gasteiger partial charge in [0.1, 0.15) is 5.82 Å². The predicted octanol–water partition coefficient (Wildman–Crippen LogP) is 2.58. The Morgan fingerprint density at radius 2 is 2.04 bits per heavy atom. The molecule has 2 N–H and O–H groups in total. The number of nitrogens with zero attached hydrogens (tertiary/aromatic N) is 1. The minimum absolute atomic E-state index is 0.149. The first-order valence-corrected chi connectivity index (χ1v) is 11.1. The van der Waals surface area contributed by atoms with E-state index in [2.05, 4.69) is 10.0 Å². The fourth-order valence-corrected chi connectivity index (χ4v) is 4.85. The van der Waals surface area contributed by atoms with E-state index in [0.717, 1.165) is 50.8 Å². The second-order valence-corrected chi connectivity index (χ2v) is 9.37. The Balaban J connectivity index is 1.45. The summed E-state index contributed by atoms with van der Waals surface area (Å²) in [6.45, 7) is 2.52. The van der Waals surface area contributed by atoms with Crippen molar-refractivity contribution < 1.29 is 13.3 Å². The third-order valence-electron chi connectivity index (χ3n) is 5.73. The van der Waals surface area contributed by atoms with Crippen LogP contribution in [0.25, 0.3) is 0 Å². The second kappa shape index (κ2) is 10.1. The van der Waals surface area contributed by atoms with E-state index in [0.29, 0.717) is 18.4 Å². The molecule has 5 nitrogen and oxygen atoms in total. The SMILES string of the molecule is CN(C)S(=O)NC1CCNCC1COC1CCC(c2cccc(F)c2)CC1. The second-order valence-electron chi connectivity index (χ2n) is 7.90. The van der Waals surface area contributed by atoms with Crippen molar-refractivity contribution >= 4 is 11.2 Å². The lowest BCUT2D eigenvalue weighted by molar-refractivity contribution is -0.00403. The first kappa shape index (κ1) is 20.9. The molecular formula is C20H32FN3O2S. The summed E-state index contributed by atoms with van der Waals surface area (Å²) in [7, 11) is 3.62. The largest absolute Gasteiger partial charge is 0.378 e. The van der Waals surface area contributed by atoms with Crippen LogP contribution in [0.5, 0.6) is 0 Å². The predicted molar refractivity (Wildman–Crippen MR) is 107 cm³/mol. The van der Waals surface area contributed by atoms with Crippen LogP contribution in [-0.2, 0) is 15.9 Å². The van der Waals surface area contributed by atoms with Crippen molar-refractivity contribution in [3.63, 3.8) is 0 Å². The van der Waals surface area contributed by atoms with Gasteiger partial charge in [-0.2, -0.15) is 0 Å². The normalized spacial score (nSPS) is 30.4. The summed E-state index contributed by atoms with van der Waals surface area (Å²) < 4.78 is 36.7. The van der Waals surface area contributed by atoms with Crippen molar-refractivity contribution in [2.24, 2.45) is 5.92 Å². The number of halogens is 1. The highest BCUT2D eigenvalue weighted by Crippen LogP contribution is 2.34. The third kappa shape index (κ3) is 6.06. The number of piperidine rings is 1. The molecule has 3 rings (SSSR count). The topological polar surface area (TPSA) is 53.6 Å². The van der Waals surface area contributed by atoms with Gasteiger partial charge in [0.05, 0.1) is 12.7 Å². The Bertz CT molecular complexity index is 623. The Labute approximate surface area is 164 Å². The van der Waals surface area contributed by atoms with Gasteiger partial charge < -0.3 is 10.1 Å². The van der Waals surface area contributed by atoms with Gasteiger partial charge in [0.15, 0.2) is 11.2 Å². The number of benzene rings is 1. The Hall–Kier alpha value is -0.860. The molecule has 0 radical (unpaired) electrons. The molecule has 1 aromatic rings. The highest BCUT2D eigenvalue weighted by atomic mass is 32.2. The Kier molecular flexibility index (Phi) is 7.78. The molecule has 0 aromatic heterocycles. The molecule has 1 saturated heterocycles. The van der Waals surface area contributed by atoms with Crippen LogP contribution in [0.2, 0.25) is 0 Å². The molecule has 2 aliphatic rings. The maximum atomic E-state index is 13.4. The summed E-state index contributed by atoms with van der Waals surface area (Å²) in [4.78, 5) is 0. The van der Waals surface area contributed by atoms with E-state index in [1.165, 1.54) is 6.07 Å². The zero-order valence-corrected chi connectivity index (χ0v) is 17.1. The van der Waals surface area contributed by atoms with Gasteiger partial charge in [0.25, 0.3) is 0 Å². The number of ether oxygens (including phenoxy) is 1. The molecule has 1 aliphatic heterocycles. The van der Waals surface area contributed by atoms with Crippen LogP contribution in [-0.4, -0.2) is 54.5 Å². The van der Waals surface area contributed by atoms with E-state index < -0.39 is 11.2 Å². The van der Waals surface area contributed by atoms with Gasteiger partial charge >= 0.3 is 0 Å². The van der Waals surface area contributed by atoms with Crippen LogP contribution >= 0.6 is 0 Å². The van der Waals surface area contributed by atoms with Crippen LogP contribution in [0.4, 0.5) is 4.39 Å². The maximum absolute atomic E-state index is 13.4. The number of rotatable bonds is 7. The standard InChI is InChI=1S/C20H32FN3O2S/c1-24(2)27(25)23-20-10-11-22-13-17(20)14-26-19-8-6-15(7-9-19)16-4-3-5-18(21)12-16/h3-5,12,15,17,19-20,22-23H,6-11,13-14H2,1-2H3. The molecule has 0 bridgehead atoms. The van der Waals surface area contributed by atoms with Crippen molar-refractivity contribution in [2.75, 3.05) is 33.8 Å². The molecule has 152 valence electrons. The monoisotopic (exact) mass is 397 g/mol. The first-order chi connectivity index (χ1) is 13.0. The Morgan fingerprint density at radius 3 is 2.74 bits per heavy atom. The molecule has 1 aromatic carbocycles. The van der Waals surface area contributed by atoms with Gasteiger partial charge in [0.2, 0.25) is 0 Å². The quantitative estimate of drug-likeness (QED) is 0.744. The summed E-state index contributed by atoms with van der Waals surface area (Å²) in [5.74, 6) is 0.613. The maximum Gasteiger partial charge on any atom is 0.169 e. The van der Waals surface area contributed by atoms with Gasteiger partial charge in [-0.25, -0.2) is 17.6 Å². The van der Waals surface area contributed by atoms with Gasteiger partial charge in [-0.1, -0.05) is 12.1 Å². The van der Waals surface area contributed by atoms with Gasteiger partial charge in [-0.15, -0.1) is 0 Å². The van der Waals surface area contributed by atoms with Crippen molar-refractivity contribution in [3.8, 4) is 0 Å². The van der Waals surface area contributed by atoms with Gasteiger partial charge in [-0.05, 0) is 62.3 Å². The molecule has 1 heterocycles. The first-order valence-electron chi connectivity index (χ1n) is 9.96. The van der Waals surface area contributed by atoms with Crippen molar-refractivity contribution in [1.82, 2.24) is 14.3 Å². The minimum Gasteiger partial charge on any atom is -0.378 e. The van der Waals surface area contributed by atoms with E-state index in [1.807, 2.05) is 20.2 Å². The zero-order chi connectivity index (χ0) is 19.2. The van der Waals surface area contributed by atoms with E-state index >= 15 is 0 Å². The van der Waals surface area contributed by atoms with Crippen LogP contribution in [0.15, 0.2) is 24.3 Å². The molecule has 2 fully saturated rings. The van der Waals surface area contributed by atoms with Crippen LogP contribution in [0.3, 0.4) is 0 Å². The van der Waals surface area contributed by atoms with Crippen molar-refractivity contribution in [3.05, 3.63) is 35.6 Å². The lowest BCUT2D eigenvalue weighted by Gasteiger charge is -2.35. The summed E-state index contributed by atoms with van der Waals surface area (Å²) >= 11 is -1.16. The molecule has 3 unspecified atom stereocenters. The molecule has 0 amide bonds. The zero-order valence-electron chi connectivity index (χ0n) is 16.3. The molecule has 3 atom stereocenters. The number of hydrogen-bond acceptors (Lipinski definition) is 3. The summed E-state index contributed by atoms with van der Waals surface area (Å²) in [6, 6.07) is 7.21. The van der Waals surface area contributed by atoms with Gasteiger partial charge in [0, 0.05) is 32.6 Å².